The molecular weight excluding hydrogens is 340 g/mol. The summed E-state index contributed by atoms with van der Waals surface area (Å²) < 4.78 is 0.928. The Labute approximate surface area is 113 Å². The first-order valence-electron chi connectivity index (χ1n) is 5.00. The number of aliphatic hydroxyl groups is 1. The van der Waals surface area contributed by atoms with E-state index in [1.54, 1.807) is 17.0 Å². The molecule has 5 heteroatoms. The lowest BCUT2D eigenvalue weighted by atomic mass is 10.2. The van der Waals surface area contributed by atoms with Crippen molar-refractivity contribution in [3.05, 3.63) is 32.4 Å². The molecule has 1 aromatic rings. The maximum absolute atomic E-state index is 12.0. The Morgan fingerprint density at radius 2 is 2.31 bits per heavy atom. The van der Waals surface area contributed by atoms with Crippen LogP contribution in [0, 0.1) is 3.57 Å². The Morgan fingerprint density at radius 3 is 2.88 bits per heavy atom. The van der Waals surface area contributed by atoms with Crippen LogP contribution in [0.25, 0.3) is 0 Å². The van der Waals surface area contributed by atoms with E-state index >= 15 is 0 Å². The minimum absolute atomic E-state index is 0.0603. The number of hydrogen-bond acceptors (Lipinski definition) is 2. The van der Waals surface area contributed by atoms with E-state index in [0.29, 0.717) is 30.1 Å². The summed E-state index contributed by atoms with van der Waals surface area (Å²) >= 11 is 8.08. The van der Waals surface area contributed by atoms with Gasteiger partial charge in [-0.2, -0.15) is 0 Å². The number of nitrogens with zero attached hydrogens (tertiary/aromatic N) is 1. The molecule has 1 aromatic carbocycles. The molecule has 0 aliphatic carbocycles. The van der Waals surface area contributed by atoms with Gasteiger partial charge in [-0.05, 0) is 47.2 Å². The highest BCUT2D eigenvalue weighted by atomic mass is 127. The van der Waals surface area contributed by atoms with E-state index in [4.69, 9.17) is 11.6 Å². The lowest BCUT2D eigenvalue weighted by molar-refractivity contribution is 0.0765. The maximum Gasteiger partial charge on any atom is 0.253 e. The van der Waals surface area contributed by atoms with Crippen LogP contribution in [0.1, 0.15) is 16.8 Å². The van der Waals surface area contributed by atoms with Crippen molar-refractivity contribution in [3.8, 4) is 0 Å². The van der Waals surface area contributed by atoms with Crippen molar-refractivity contribution in [2.45, 2.75) is 12.5 Å². The third-order valence-corrected chi connectivity index (χ3v) is 4.19. The molecule has 1 aliphatic heterocycles. The second-order valence-corrected chi connectivity index (χ2v) is 5.39. The molecule has 3 nitrogen and oxygen atoms in total. The van der Waals surface area contributed by atoms with Crippen LogP contribution in [-0.2, 0) is 0 Å². The summed E-state index contributed by atoms with van der Waals surface area (Å²) in [5, 5.41) is 9.96. The van der Waals surface area contributed by atoms with Crippen LogP contribution in [0.5, 0.6) is 0 Å². The van der Waals surface area contributed by atoms with E-state index in [9.17, 15) is 9.90 Å². The zero-order valence-electron chi connectivity index (χ0n) is 8.49. The van der Waals surface area contributed by atoms with Gasteiger partial charge in [0.25, 0.3) is 5.91 Å². The van der Waals surface area contributed by atoms with E-state index in [1.165, 1.54) is 0 Å². The Hall–Kier alpha value is -0.330. The SMILES string of the molecule is O=C(c1ccc(I)c(Cl)c1)N1CCC(O)C1. The second kappa shape index (κ2) is 4.89. The van der Waals surface area contributed by atoms with Gasteiger partial charge in [-0.3, -0.25) is 4.79 Å². The van der Waals surface area contributed by atoms with E-state index in [-0.39, 0.29) is 12.0 Å². The predicted molar refractivity (Wildman–Crippen MR) is 70.7 cm³/mol. The standard InChI is InChI=1S/C11H11ClINO2/c12-9-5-7(1-2-10(9)13)11(16)14-4-3-8(15)6-14/h1-2,5,8,15H,3-4,6H2. The number of carbonyl (C=O) groups excluding carboxylic acids is 1. The molecule has 1 heterocycles. The third kappa shape index (κ3) is 2.49. The molecule has 1 amide bonds. The highest BCUT2D eigenvalue weighted by Crippen LogP contribution is 2.21. The summed E-state index contributed by atoms with van der Waals surface area (Å²) in [6.07, 6.45) is 0.271. The molecule has 16 heavy (non-hydrogen) atoms. The van der Waals surface area contributed by atoms with Crippen molar-refractivity contribution < 1.29 is 9.90 Å². The minimum atomic E-state index is -0.386. The van der Waals surface area contributed by atoms with Crippen LogP contribution in [0.3, 0.4) is 0 Å². The van der Waals surface area contributed by atoms with Gasteiger partial charge in [0.2, 0.25) is 0 Å². The molecule has 1 fully saturated rings. The van der Waals surface area contributed by atoms with Gasteiger partial charge in [0, 0.05) is 22.2 Å². The van der Waals surface area contributed by atoms with Crippen LogP contribution in [0.4, 0.5) is 0 Å². The lowest BCUT2D eigenvalue weighted by Gasteiger charge is -2.15. The lowest BCUT2D eigenvalue weighted by Crippen LogP contribution is -2.29. The largest absolute Gasteiger partial charge is 0.391 e. The zero-order chi connectivity index (χ0) is 11.7. The quantitative estimate of drug-likeness (QED) is 0.788. The van der Waals surface area contributed by atoms with Crippen LogP contribution in [0.2, 0.25) is 5.02 Å². The number of rotatable bonds is 1. The number of amides is 1. The van der Waals surface area contributed by atoms with Crippen molar-refractivity contribution in [2.75, 3.05) is 13.1 Å². The van der Waals surface area contributed by atoms with Gasteiger partial charge in [0.15, 0.2) is 0 Å². The topological polar surface area (TPSA) is 40.5 Å². The Balaban J connectivity index is 2.18. The maximum atomic E-state index is 12.0. The van der Waals surface area contributed by atoms with Crippen LogP contribution >= 0.6 is 34.2 Å². The third-order valence-electron chi connectivity index (χ3n) is 2.62. The molecule has 1 aliphatic rings. The highest BCUT2D eigenvalue weighted by Gasteiger charge is 2.25. The van der Waals surface area contributed by atoms with Crippen molar-refractivity contribution in [3.63, 3.8) is 0 Å². The van der Waals surface area contributed by atoms with Crippen LogP contribution in [-0.4, -0.2) is 35.1 Å². The van der Waals surface area contributed by atoms with Crippen molar-refractivity contribution in [2.24, 2.45) is 0 Å². The van der Waals surface area contributed by atoms with E-state index in [0.717, 1.165) is 3.57 Å². The van der Waals surface area contributed by atoms with Gasteiger partial charge in [-0.1, -0.05) is 11.6 Å². The summed E-state index contributed by atoms with van der Waals surface area (Å²) in [4.78, 5) is 13.7. The average Bonchev–Trinajstić information content (AvgIpc) is 2.68. The number of carbonyl (C=O) groups is 1. The molecule has 1 atom stereocenters. The van der Waals surface area contributed by atoms with Gasteiger partial charge in [0.05, 0.1) is 11.1 Å². The molecule has 0 radical (unpaired) electrons. The number of halogens is 2. The highest BCUT2D eigenvalue weighted by molar-refractivity contribution is 14.1. The monoisotopic (exact) mass is 351 g/mol. The van der Waals surface area contributed by atoms with Gasteiger partial charge in [-0.15, -0.1) is 0 Å². The molecule has 0 bridgehead atoms. The molecule has 0 spiro atoms. The van der Waals surface area contributed by atoms with Crippen molar-refractivity contribution >= 4 is 40.1 Å². The smallest absolute Gasteiger partial charge is 0.253 e. The number of aliphatic hydroxyl groups excluding tert-OH is 1. The summed E-state index contributed by atoms with van der Waals surface area (Å²) in [7, 11) is 0. The molecule has 1 saturated heterocycles. The zero-order valence-corrected chi connectivity index (χ0v) is 11.4. The molecule has 86 valence electrons. The van der Waals surface area contributed by atoms with Crippen molar-refractivity contribution in [1.29, 1.82) is 0 Å². The Kier molecular flexibility index (Phi) is 3.71. The van der Waals surface area contributed by atoms with Crippen molar-refractivity contribution in [1.82, 2.24) is 4.90 Å². The van der Waals surface area contributed by atoms with E-state index in [2.05, 4.69) is 22.6 Å². The van der Waals surface area contributed by atoms with E-state index in [1.807, 2.05) is 6.07 Å². The fourth-order valence-electron chi connectivity index (χ4n) is 1.74. The molecule has 0 saturated carbocycles. The number of likely N-dealkylation sites (tertiary alicyclic amines) is 1. The fourth-order valence-corrected chi connectivity index (χ4v) is 2.25. The number of β-amino-alcohol motifs (C(OH)–C–C–N with tert-alkyl or cyclic N) is 1. The normalized spacial score (nSPS) is 20.2. The van der Waals surface area contributed by atoms with Crippen LogP contribution < -0.4 is 0 Å². The van der Waals surface area contributed by atoms with Crippen LogP contribution in [0.15, 0.2) is 18.2 Å². The van der Waals surface area contributed by atoms with Gasteiger partial charge < -0.3 is 10.0 Å². The predicted octanol–water partition coefficient (Wildman–Crippen LogP) is 2.15. The van der Waals surface area contributed by atoms with Gasteiger partial charge in [0.1, 0.15) is 0 Å². The Morgan fingerprint density at radius 1 is 1.56 bits per heavy atom. The summed E-state index contributed by atoms with van der Waals surface area (Å²) in [6, 6.07) is 5.26. The molecule has 1 unspecified atom stereocenters. The molecule has 1 N–H and O–H groups in total. The summed E-state index contributed by atoms with van der Waals surface area (Å²) in [6.45, 7) is 1.03. The second-order valence-electron chi connectivity index (χ2n) is 3.82. The molecule has 0 aromatic heterocycles. The first-order valence-corrected chi connectivity index (χ1v) is 6.46. The first kappa shape index (κ1) is 12.1. The first-order chi connectivity index (χ1) is 7.58. The van der Waals surface area contributed by atoms with Gasteiger partial charge >= 0.3 is 0 Å². The van der Waals surface area contributed by atoms with Gasteiger partial charge in [-0.25, -0.2) is 0 Å². The number of benzene rings is 1. The van der Waals surface area contributed by atoms with E-state index < -0.39 is 0 Å². The number of hydrogen-bond donors (Lipinski definition) is 1. The average molecular weight is 352 g/mol. The Bertz CT molecular complexity index is 424. The fraction of sp³-hybridized carbons (Fsp3) is 0.364. The molecular formula is C11H11ClINO2. The minimum Gasteiger partial charge on any atom is -0.391 e. The molecule has 2 rings (SSSR count). The summed E-state index contributed by atoms with van der Waals surface area (Å²) in [5.74, 6) is -0.0603. The summed E-state index contributed by atoms with van der Waals surface area (Å²) in [5.41, 5.74) is 0.583.